The van der Waals surface area contributed by atoms with E-state index in [4.69, 9.17) is 0 Å². The van der Waals surface area contributed by atoms with E-state index in [0.29, 0.717) is 37.6 Å². The van der Waals surface area contributed by atoms with Crippen molar-refractivity contribution in [2.24, 2.45) is 0 Å². The topological polar surface area (TPSA) is 84.4 Å². The van der Waals surface area contributed by atoms with Crippen LogP contribution in [0.4, 0.5) is 11.5 Å². The lowest BCUT2D eigenvalue weighted by Gasteiger charge is -2.17. The van der Waals surface area contributed by atoms with Gasteiger partial charge >= 0.3 is 5.69 Å². The van der Waals surface area contributed by atoms with Gasteiger partial charge in [0.1, 0.15) is 5.69 Å². The number of aryl methyl sites for hydroxylation is 2. The third kappa shape index (κ3) is 1.97. The van der Waals surface area contributed by atoms with Crippen molar-refractivity contribution in [2.75, 3.05) is 18.0 Å². The minimum Gasteiger partial charge on any atom is -0.391 e. The number of aliphatic hydroxyl groups excluding tert-OH is 1. The van der Waals surface area contributed by atoms with Crippen molar-refractivity contribution in [3.63, 3.8) is 0 Å². The Labute approximate surface area is 98.8 Å². The number of hydrogen-bond donors (Lipinski definition) is 1. The Bertz CT molecular complexity index is 443. The van der Waals surface area contributed by atoms with E-state index in [-0.39, 0.29) is 5.69 Å². The highest BCUT2D eigenvalue weighted by Crippen LogP contribution is 2.33. The van der Waals surface area contributed by atoms with Crippen LogP contribution >= 0.6 is 0 Å². The van der Waals surface area contributed by atoms with Gasteiger partial charge in [0.15, 0.2) is 0 Å². The summed E-state index contributed by atoms with van der Waals surface area (Å²) in [6.07, 6.45) is 0.237. The first kappa shape index (κ1) is 11.8. The van der Waals surface area contributed by atoms with Crippen LogP contribution in [0, 0.1) is 17.0 Å². The molecule has 17 heavy (non-hydrogen) atoms. The second-order valence-corrected chi connectivity index (χ2v) is 4.22. The fourth-order valence-electron chi connectivity index (χ4n) is 2.24. The number of hydrogen-bond acceptors (Lipinski definition) is 5. The van der Waals surface area contributed by atoms with Gasteiger partial charge in [-0.05, 0) is 20.3 Å². The van der Waals surface area contributed by atoms with E-state index in [9.17, 15) is 15.2 Å². The predicted octanol–water partition coefficient (Wildman–Crippen LogP) is 0.691. The summed E-state index contributed by atoms with van der Waals surface area (Å²) in [4.78, 5) is 12.5. The minimum absolute atomic E-state index is 0.0564. The van der Waals surface area contributed by atoms with Crippen LogP contribution in [0.2, 0.25) is 0 Å². The zero-order chi connectivity index (χ0) is 12.6. The molecule has 94 valence electrons. The molecule has 1 fully saturated rings. The molecular formula is C10H16N4O3. The fourth-order valence-corrected chi connectivity index (χ4v) is 2.24. The maximum absolute atomic E-state index is 11.1. The SMILES string of the molecule is CCn1nc(C)c([N+](=O)[O-])c1N1CC[C@H](O)C1. The molecular weight excluding hydrogens is 224 g/mol. The van der Waals surface area contributed by atoms with Gasteiger partial charge in [0.2, 0.25) is 5.82 Å². The molecule has 1 aliphatic heterocycles. The smallest absolute Gasteiger partial charge is 0.333 e. The van der Waals surface area contributed by atoms with Crippen LogP contribution in [-0.2, 0) is 6.54 Å². The van der Waals surface area contributed by atoms with E-state index in [2.05, 4.69) is 5.10 Å². The summed E-state index contributed by atoms with van der Waals surface area (Å²) in [6, 6.07) is 0. The first-order chi connectivity index (χ1) is 8.04. The van der Waals surface area contributed by atoms with Crippen LogP contribution < -0.4 is 4.90 Å². The van der Waals surface area contributed by atoms with Crippen molar-refractivity contribution in [1.29, 1.82) is 0 Å². The van der Waals surface area contributed by atoms with Gasteiger partial charge in [0, 0.05) is 19.6 Å². The van der Waals surface area contributed by atoms with E-state index < -0.39 is 11.0 Å². The number of anilines is 1. The molecule has 1 N–H and O–H groups in total. The summed E-state index contributed by atoms with van der Waals surface area (Å²) in [7, 11) is 0. The van der Waals surface area contributed by atoms with E-state index in [0.717, 1.165) is 0 Å². The second kappa shape index (κ2) is 4.33. The van der Waals surface area contributed by atoms with Crippen molar-refractivity contribution in [3.8, 4) is 0 Å². The molecule has 2 rings (SSSR count). The molecule has 0 bridgehead atoms. The highest BCUT2D eigenvalue weighted by molar-refractivity contribution is 5.62. The monoisotopic (exact) mass is 240 g/mol. The normalized spacial score (nSPS) is 19.9. The van der Waals surface area contributed by atoms with Crippen molar-refractivity contribution < 1.29 is 10.0 Å². The van der Waals surface area contributed by atoms with Gasteiger partial charge in [0.05, 0.1) is 11.0 Å². The number of nitrogens with zero attached hydrogens (tertiary/aromatic N) is 4. The van der Waals surface area contributed by atoms with Gasteiger partial charge < -0.3 is 10.0 Å². The molecule has 0 spiro atoms. The number of aromatic nitrogens is 2. The lowest BCUT2D eigenvalue weighted by molar-refractivity contribution is -0.384. The van der Waals surface area contributed by atoms with Crippen molar-refractivity contribution in [1.82, 2.24) is 9.78 Å². The Morgan fingerprint density at radius 2 is 2.35 bits per heavy atom. The third-order valence-corrected chi connectivity index (χ3v) is 3.01. The maximum Gasteiger partial charge on any atom is 0.333 e. The fraction of sp³-hybridized carbons (Fsp3) is 0.700. The van der Waals surface area contributed by atoms with Gasteiger partial charge in [-0.3, -0.25) is 10.1 Å². The number of β-amino-alcohol motifs (C(OH)–C–C–N with tert-alkyl or cyclic N) is 1. The van der Waals surface area contributed by atoms with Crippen molar-refractivity contribution in [3.05, 3.63) is 15.8 Å². The number of nitro groups is 1. The molecule has 0 aromatic carbocycles. The molecule has 7 nitrogen and oxygen atoms in total. The summed E-state index contributed by atoms with van der Waals surface area (Å²) in [5, 5.41) is 24.8. The Kier molecular flexibility index (Phi) is 3.01. The van der Waals surface area contributed by atoms with Crippen LogP contribution in [0.5, 0.6) is 0 Å². The lowest BCUT2D eigenvalue weighted by Crippen LogP contribution is -2.24. The molecule has 1 aromatic rings. The molecule has 1 aliphatic rings. The third-order valence-electron chi connectivity index (χ3n) is 3.01. The Balaban J connectivity index is 2.46. The number of rotatable bonds is 3. The lowest BCUT2D eigenvalue weighted by atomic mass is 10.3. The molecule has 1 atom stereocenters. The van der Waals surface area contributed by atoms with Crippen LogP contribution in [0.1, 0.15) is 19.0 Å². The second-order valence-electron chi connectivity index (χ2n) is 4.22. The highest BCUT2D eigenvalue weighted by atomic mass is 16.6. The highest BCUT2D eigenvalue weighted by Gasteiger charge is 2.32. The Morgan fingerprint density at radius 3 is 2.82 bits per heavy atom. The Morgan fingerprint density at radius 1 is 1.65 bits per heavy atom. The van der Waals surface area contributed by atoms with Gasteiger partial charge in [-0.15, -0.1) is 0 Å². The molecule has 0 aliphatic carbocycles. The van der Waals surface area contributed by atoms with E-state index in [1.54, 1.807) is 11.6 Å². The van der Waals surface area contributed by atoms with Crippen LogP contribution in [0.15, 0.2) is 0 Å². The average molecular weight is 240 g/mol. The van der Waals surface area contributed by atoms with Crippen LogP contribution in [0.3, 0.4) is 0 Å². The minimum atomic E-state index is -0.407. The largest absolute Gasteiger partial charge is 0.391 e. The molecule has 1 saturated heterocycles. The standard InChI is InChI=1S/C10H16N4O3/c1-3-13-10(12-5-4-8(15)6-12)9(14(16)17)7(2)11-13/h8,15H,3-6H2,1-2H3/t8-/m0/s1. The summed E-state index contributed by atoms with van der Waals surface area (Å²) in [5.41, 5.74) is 0.481. The average Bonchev–Trinajstić information content (AvgIpc) is 2.81. The van der Waals surface area contributed by atoms with Gasteiger partial charge in [-0.1, -0.05) is 0 Å². The maximum atomic E-state index is 11.1. The quantitative estimate of drug-likeness (QED) is 0.620. The summed E-state index contributed by atoms with van der Waals surface area (Å²) >= 11 is 0. The molecule has 1 aromatic heterocycles. The summed E-state index contributed by atoms with van der Waals surface area (Å²) in [5.74, 6) is 0.520. The first-order valence-corrected chi connectivity index (χ1v) is 5.69. The summed E-state index contributed by atoms with van der Waals surface area (Å²) in [6.45, 7) is 5.18. The van der Waals surface area contributed by atoms with Crippen molar-refractivity contribution in [2.45, 2.75) is 32.9 Å². The van der Waals surface area contributed by atoms with Gasteiger partial charge in [-0.2, -0.15) is 5.10 Å². The van der Waals surface area contributed by atoms with E-state index in [1.807, 2.05) is 11.8 Å². The molecule has 0 amide bonds. The Hall–Kier alpha value is -1.63. The van der Waals surface area contributed by atoms with Crippen LogP contribution in [0.25, 0.3) is 0 Å². The number of aliphatic hydroxyl groups is 1. The summed E-state index contributed by atoms with van der Waals surface area (Å²) < 4.78 is 1.63. The molecule has 2 heterocycles. The van der Waals surface area contributed by atoms with Gasteiger partial charge in [-0.25, -0.2) is 4.68 Å². The first-order valence-electron chi connectivity index (χ1n) is 5.69. The van der Waals surface area contributed by atoms with E-state index in [1.165, 1.54) is 0 Å². The van der Waals surface area contributed by atoms with Crippen LogP contribution in [-0.4, -0.2) is 39.0 Å². The van der Waals surface area contributed by atoms with E-state index >= 15 is 0 Å². The molecule has 7 heteroatoms. The molecule has 0 unspecified atom stereocenters. The molecule has 0 radical (unpaired) electrons. The van der Waals surface area contributed by atoms with Gasteiger partial charge in [0.25, 0.3) is 0 Å². The predicted molar refractivity (Wildman–Crippen MR) is 62.1 cm³/mol. The zero-order valence-electron chi connectivity index (χ0n) is 9.96. The van der Waals surface area contributed by atoms with Crippen molar-refractivity contribution >= 4 is 11.5 Å². The zero-order valence-corrected chi connectivity index (χ0v) is 9.96. The molecule has 0 saturated carbocycles.